The minimum atomic E-state index is -1.10. The molecule has 2 aliphatic carbocycles. The summed E-state index contributed by atoms with van der Waals surface area (Å²) in [5.74, 6) is -3.83. The van der Waals surface area contributed by atoms with E-state index in [1.807, 2.05) is 0 Å². The van der Waals surface area contributed by atoms with Crippen molar-refractivity contribution < 1.29 is 29.4 Å². The molecule has 170 valence electrons. The van der Waals surface area contributed by atoms with Gasteiger partial charge in [-0.05, 0) is 62.3 Å². The molecule has 3 rings (SSSR count). The van der Waals surface area contributed by atoms with Crippen molar-refractivity contribution >= 4 is 40.8 Å². The molecule has 1 aromatic rings. The number of aromatic carboxylic acids is 1. The largest absolute Gasteiger partial charge is 0.481 e. The first-order chi connectivity index (χ1) is 14.7. The number of rotatable bonds is 6. The fourth-order valence-corrected chi connectivity index (χ4v) is 5.73. The van der Waals surface area contributed by atoms with Gasteiger partial charge in [-0.25, -0.2) is 4.79 Å². The van der Waals surface area contributed by atoms with Crippen molar-refractivity contribution in [2.75, 3.05) is 11.9 Å². The zero-order chi connectivity index (χ0) is 22.7. The highest BCUT2D eigenvalue weighted by Gasteiger charge is 2.44. The maximum atomic E-state index is 13.6. The number of carbonyl (C=O) groups excluding carboxylic acids is 2. The highest BCUT2D eigenvalue weighted by Crippen LogP contribution is 2.40. The maximum Gasteiger partial charge on any atom is 0.348 e. The number of carbonyl (C=O) groups is 4. The Bertz CT molecular complexity index is 845. The number of thiophene rings is 1. The van der Waals surface area contributed by atoms with E-state index in [0.29, 0.717) is 24.4 Å². The van der Waals surface area contributed by atoms with Crippen molar-refractivity contribution in [3.8, 4) is 0 Å². The molecule has 2 amide bonds. The number of aliphatic carboxylic acids is 1. The van der Waals surface area contributed by atoms with Gasteiger partial charge in [0.15, 0.2) is 0 Å². The van der Waals surface area contributed by atoms with Crippen LogP contribution in [0.4, 0.5) is 5.69 Å². The van der Waals surface area contributed by atoms with Crippen LogP contribution in [0.15, 0.2) is 11.4 Å². The molecule has 31 heavy (non-hydrogen) atoms. The lowest BCUT2D eigenvalue weighted by Gasteiger charge is -2.41. The number of carboxylic acids is 2. The Labute approximate surface area is 185 Å². The Hall–Kier alpha value is -2.42. The monoisotopic (exact) mass is 450 g/mol. The minimum Gasteiger partial charge on any atom is -0.481 e. The van der Waals surface area contributed by atoms with Crippen molar-refractivity contribution in [3.05, 3.63) is 16.3 Å². The van der Waals surface area contributed by atoms with E-state index in [4.69, 9.17) is 0 Å². The van der Waals surface area contributed by atoms with Gasteiger partial charge in [0.25, 0.3) is 0 Å². The Kier molecular flexibility index (Phi) is 7.35. The summed E-state index contributed by atoms with van der Waals surface area (Å²) < 4.78 is 0. The van der Waals surface area contributed by atoms with Gasteiger partial charge < -0.3 is 20.4 Å². The minimum absolute atomic E-state index is 0.0813. The highest BCUT2D eigenvalue weighted by molar-refractivity contribution is 7.12. The number of nitrogens with one attached hydrogen (secondary N) is 1. The van der Waals surface area contributed by atoms with Gasteiger partial charge in [-0.3, -0.25) is 14.4 Å². The van der Waals surface area contributed by atoms with Crippen LogP contribution in [0.2, 0.25) is 0 Å². The molecule has 9 heteroatoms. The van der Waals surface area contributed by atoms with E-state index in [-0.39, 0.29) is 29.0 Å². The summed E-state index contributed by atoms with van der Waals surface area (Å²) in [6.45, 7) is 2.16. The number of nitrogens with zero attached hydrogens (tertiary/aromatic N) is 1. The number of amides is 2. The Balaban J connectivity index is 1.93. The number of anilines is 1. The summed E-state index contributed by atoms with van der Waals surface area (Å²) in [5.41, 5.74) is 0.341. The Morgan fingerprint density at radius 1 is 1.03 bits per heavy atom. The van der Waals surface area contributed by atoms with Gasteiger partial charge >= 0.3 is 11.9 Å². The Morgan fingerprint density at radius 2 is 1.71 bits per heavy atom. The van der Waals surface area contributed by atoms with Crippen LogP contribution in [-0.4, -0.2) is 47.1 Å². The van der Waals surface area contributed by atoms with Crippen molar-refractivity contribution in [2.24, 2.45) is 23.7 Å². The predicted molar refractivity (Wildman–Crippen MR) is 116 cm³/mol. The first-order valence-corrected chi connectivity index (χ1v) is 11.7. The molecule has 2 aliphatic rings. The van der Waals surface area contributed by atoms with Gasteiger partial charge in [0.05, 0.1) is 17.5 Å². The fourth-order valence-electron chi connectivity index (χ4n) is 5.01. The first-order valence-electron chi connectivity index (χ1n) is 10.8. The van der Waals surface area contributed by atoms with Gasteiger partial charge in [0.2, 0.25) is 11.8 Å². The molecule has 0 bridgehead atoms. The van der Waals surface area contributed by atoms with Gasteiger partial charge in [-0.1, -0.05) is 6.92 Å². The van der Waals surface area contributed by atoms with Gasteiger partial charge in [0, 0.05) is 19.0 Å². The average Bonchev–Trinajstić information content (AvgIpc) is 3.23. The fraction of sp³-hybridized carbons (Fsp3) is 0.636. The molecule has 2 fully saturated rings. The number of hydrogen-bond acceptors (Lipinski definition) is 5. The standard InChI is InChI=1S/C22H30N2O6S/c1-12-3-5-13(6-4-12)20(26)24(17-9-10-31-18(17)22(29)30)14-7-8-15(19(25)23-2)16(11-14)21(27)28/h9-10,12-16H,3-8,11H2,1-2H3,(H,23,25)(H,27,28)(H,29,30)/t12-,13-,14?,15-,16-/m0/s1. The van der Waals surface area contributed by atoms with Crippen LogP contribution in [0.1, 0.15) is 61.5 Å². The SMILES string of the molecule is CNC(=O)[C@H]1CCC(N(c2ccsc2C(=O)O)C(=O)[C@H]2CC[C@H](C)CC2)C[C@@H]1C(=O)O. The second-order valence-electron chi connectivity index (χ2n) is 8.74. The maximum absolute atomic E-state index is 13.6. The normalized spacial score (nSPS) is 28.5. The molecule has 1 aromatic heterocycles. The number of carboxylic acid groups (broad SMARTS) is 2. The zero-order valence-corrected chi connectivity index (χ0v) is 18.7. The average molecular weight is 451 g/mol. The molecule has 0 spiro atoms. The van der Waals surface area contributed by atoms with Crippen LogP contribution in [0.3, 0.4) is 0 Å². The van der Waals surface area contributed by atoms with Crippen LogP contribution in [-0.2, 0) is 14.4 Å². The van der Waals surface area contributed by atoms with E-state index in [9.17, 15) is 29.4 Å². The van der Waals surface area contributed by atoms with Crippen LogP contribution >= 0.6 is 11.3 Å². The van der Waals surface area contributed by atoms with E-state index in [1.165, 1.54) is 7.05 Å². The Morgan fingerprint density at radius 3 is 2.29 bits per heavy atom. The third kappa shape index (κ3) is 4.92. The molecule has 2 saturated carbocycles. The second-order valence-corrected chi connectivity index (χ2v) is 9.65. The van der Waals surface area contributed by atoms with E-state index < -0.39 is 29.8 Å². The van der Waals surface area contributed by atoms with Crippen molar-refractivity contribution in [1.29, 1.82) is 0 Å². The lowest BCUT2D eigenvalue weighted by atomic mass is 9.75. The molecule has 3 atom stereocenters. The quantitative estimate of drug-likeness (QED) is 0.611. The second kappa shape index (κ2) is 9.80. The highest BCUT2D eigenvalue weighted by atomic mass is 32.1. The molecule has 3 N–H and O–H groups in total. The van der Waals surface area contributed by atoms with Gasteiger partial charge in [-0.15, -0.1) is 11.3 Å². The van der Waals surface area contributed by atoms with Crippen molar-refractivity contribution in [2.45, 2.75) is 57.9 Å². The smallest absolute Gasteiger partial charge is 0.348 e. The van der Waals surface area contributed by atoms with Crippen LogP contribution < -0.4 is 10.2 Å². The summed E-state index contributed by atoms with van der Waals surface area (Å²) in [6.07, 6.45) is 4.29. The molecule has 0 saturated heterocycles. The molecule has 1 heterocycles. The third-order valence-corrected chi connectivity index (χ3v) is 7.68. The van der Waals surface area contributed by atoms with Crippen LogP contribution in [0.25, 0.3) is 0 Å². The van der Waals surface area contributed by atoms with Crippen LogP contribution in [0.5, 0.6) is 0 Å². The first kappa shape index (κ1) is 23.2. The summed E-state index contributed by atoms with van der Waals surface area (Å²) in [4.78, 5) is 51.2. The zero-order valence-electron chi connectivity index (χ0n) is 17.9. The summed E-state index contributed by atoms with van der Waals surface area (Å²) in [5, 5.41) is 23.6. The van der Waals surface area contributed by atoms with E-state index in [2.05, 4.69) is 12.2 Å². The van der Waals surface area contributed by atoms with Gasteiger partial charge in [0.1, 0.15) is 4.88 Å². The van der Waals surface area contributed by atoms with Crippen LogP contribution in [0, 0.1) is 23.7 Å². The summed E-state index contributed by atoms with van der Waals surface area (Å²) in [6, 6.07) is 1.18. The molecule has 0 radical (unpaired) electrons. The lowest BCUT2D eigenvalue weighted by Crippen LogP contribution is -2.51. The summed E-state index contributed by atoms with van der Waals surface area (Å²) in [7, 11) is 1.48. The topological polar surface area (TPSA) is 124 Å². The molecule has 1 unspecified atom stereocenters. The lowest BCUT2D eigenvalue weighted by molar-refractivity contribution is -0.149. The van der Waals surface area contributed by atoms with E-state index in [1.54, 1.807) is 16.3 Å². The van der Waals surface area contributed by atoms with E-state index in [0.717, 1.165) is 37.0 Å². The van der Waals surface area contributed by atoms with Crippen molar-refractivity contribution in [3.63, 3.8) is 0 Å². The molecular formula is C22H30N2O6S. The molecule has 0 aromatic carbocycles. The predicted octanol–water partition coefficient (Wildman–Crippen LogP) is 3.22. The molecular weight excluding hydrogens is 420 g/mol. The molecule has 8 nitrogen and oxygen atoms in total. The van der Waals surface area contributed by atoms with Crippen molar-refractivity contribution in [1.82, 2.24) is 5.32 Å². The van der Waals surface area contributed by atoms with Gasteiger partial charge in [-0.2, -0.15) is 0 Å². The molecule has 0 aliphatic heterocycles. The third-order valence-electron chi connectivity index (χ3n) is 6.79. The summed E-state index contributed by atoms with van der Waals surface area (Å²) >= 11 is 1.06. The van der Waals surface area contributed by atoms with E-state index >= 15 is 0 Å². The number of hydrogen-bond donors (Lipinski definition) is 3.